The van der Waals surface area contributed by atoms with Crippen LogP contribution in [0.5, 0.6) is 0 Å². The molecule has 3 rings (SSSR count). The number of carboxylic acid groups (broad SMARTS) is 1. The molecule has 2 fully saturated rings. The van der Waals surface area contributed by atoms with Gasteiger partial charge in [-0.1, -0.05) is 0 Å². The van der Waals surface area contributed by atoms with Crippen LogP contribution >= 0.6 is 0 Å². The zero-order valence-corrected chi connectivity index (χ0v) is 11.9. The van der Waals surface area contributed by atoms with Crippen molar-refractivity contribution in [3.05, 3.63) is 18.0 Å². The lowest BCUT2D eigenvalue weighted by Crippen LogP contribution is -2.58. The quantitative estimate of drug-likeness (QED) is 0.893. The van der Waals surface area contributed by atoms with Gasteiger partial charge in [-0.2, -0.15) is 0 Å². The van der Waals surface area contributed by atoms with Crippen molar-refractivity contribution in [1.29, 1.82) is 0 Å². The number of hydrogen-bond acceptors (Lipinski definition) is 4. The summed E-state index contributed by atoms with van der Waals surface area (Å²) in [6.45, 7) is 5.13. The van der Waals surface area contributed by atoms with Gasteiger partial charge < -0.3 is 10.0 Å². The minimum Gasteiger partial charge on any atom is -0.465 e. The van der Waals surface area contributed by atoms with Crippen molar-refractivity contribution in [2.24, 2.45) is 0 Å². The van der Waals surface area contributed by atoms with Gasteiger partial charge in [-0.25, -0.2) is 14.8 Å². The molecule has 2 aliphatic rings. The van der Waals surface area contributed by atoms with Crippen molar-refractivity contribution in [1.82, 2.24) is 14.9 Å². The number of anilines is 1. The molecule has 0 bridgehead atoms. The maximum atomic E-state index is 11.2. The van der Waals surface area contributed by atoms with Crippen LogP contribution in [0.2, 0.25) is 0 Å². The lowest BCUT2D eigenvalue weighted by molar-refractivity contribution is 0.0979. The highest BCUT2D eigenvalue weighted by Crippen LogP contribution is 2.39. The van der Waals surface area contributed by atoms with E-state index < -0.39 is 6.09 Å². The Balaban J connectivity index is 1.73. The summed E-state index contributed by atoms with van der Waals surface area (Å²) >= 11 is 0. The van der Waals surface area contributed by atoms with E-state index in [-0.39, 0.29) is 12.1 Å². The summed E-state index contributed by atoms with van der Waals surface area (Å²) in [6.07, 6.45) is 5.47. The van der Waals surface area contributed by atoms with Crippen LogP contribution < -0.4 is 4.90 Å². The smallest absolute Gasteiger partial charge is 0.407 e. The summed E-state index contributed by atoms with van der Waals surface area (Å²) in [4.78, 5) is 23.7. The first-order chi connectivity index (χ1) is 9.56. The summed E-state index contributed by atoms with van der Waals surface area (Å²) in [5.74, 6) is 1.36. The Hall–Kier alpha value is -1.85. The Morgan fingerprint density at radius 2 is 1.75 bits per heavy atom. The van der Waals surface area contributed by atoms with Crippen LogP contribution in [0.25, 0.3) is 0 Å². The van der Waals surface area contributed by atoms with Crippen LogP contribution in [0, 0.1) is 0 Å². The van der Waals surface area contributed by atoms with Gasteiger partial charge in [0.05, 0.1) is 12.1 Å². The molecular weight excluding hydrogens is 256 g/mol. The van der Waals surface area contributed by atoms with Gasteiger partial charge in [-0.3, -0.25) is 4.90 Å². The Morgan fingerprint density at radius 3 is 2.20 bits per heavy atom. The van der Waals surface area contributed by atoms with Crippen LogP contribution in [-0.4, -0.2) is 51.2 Å². The van der Waals surface area contributed by atoms with Gasteiger partial charge in [0.15, 0.2) is 0 Å². The molecule has 20 heavy (non-hydrogen) atoms. The molecule has 108 valence electrons. The molecule has 2 heterocycles. The zero-order valence-electron chi connectivity index (χ0n) is 11.9. The maximum absolute atomic E-state index is 11.2. The zero-order chi connectivity index (χ0) is 14.3. The normalized spacial score (nSPS) is 26.7. The van der Waals surface area contributed by atoms with Gasteiger partial charge in [0.25, 0.3) is 0 Å². The van der Waals surface area contributed by atoms with E-state index in [1.807, 2.05) is 26.2 Å². The van der Waals surface area contributed by atoms with Crippen LogP contribution in [0.1, 0.15) is 38.2 Å². The van der Waals surface area contributed by atoms with E-state index in [0.717, 1.165) is 0 Å². The molecule has 1 N–H and O–H groups in total. The number of carbonyl (C=O) groups is 1. The van der Waals surface area contributed by atoms with Gasteiger partial charge in [-0.05, 0) is 38.2 Å². The molecule has 1 aliphatic carbocycles. The molecule has 0 radical (unpaired) electrons. The molecule has 1 amide bonds. The third kappa shape index (κ3) is 2.42. The Morgan fingerprint density at radius 1 is 1.20 bits per heavy atom. The monoisotopic (exact) mass is 276 g/mol. The fourth-order valence-corrected chi connectivity index (χ4v) is 2.99. The predicted molar refractivity (Wildman–Crippen MR) is 75.0 cm³/mol. The second-order valence-corrected chi connectivity index (χ2v) is 5.88. The highest BCUT2D eigenvalue weighted by molar-refractivity contribution is 5.66. The number of nitrogens with zero attached hydrogens (tertiary/aromatic N) is 4. The summed E-state index contributed by atoms with van der Waals surface area (Å²) in [6, 6.07) is -0.106. The summed E-state index contributed by atoms with van der Waals surface area (Å²) in [5, 5.41) is 9.22. The van der Waals surface area contributed by atoms with E-state index in [1.54, 1.807) is 0 Å². The molecule has 1 aromatic heterocycles. The maximum Gasteiger partial charge on any atom is 0.407 e. The second kappa shape index (κ2) is 4.92. The van der Waals surface area contributed by atoms with Crippen molar-refractivity contribution in [3.8, 4) is 0 Å². The minimum absolute atomic E-state index is 0.0528. The third-order valence-corrected chi connectivity index (χ3v) is 4.13. The fourth-order valence-electron chi connectivity index (χ4n) is 2.99. The van der Waals surface area contributed by atoms with E-state index in [2.05, 4.69) is 14.9 Å². The van der Waals surface area contributed by atoms with E-state index in [4.69, 9.17) is 0 Å². The van der Waals surface area contributed by atoms with E-state index in [0.29, 0.717) is 25.0 Å². The van der Waals surface area contributed by atoms with Gasteiger partial charge in [-0.15, -0.1) is 0 Å². The molecule has 6 heteroatoms. The standard InChI is InChI=1S/C14H20N4O2/c1-9-7-17(8-10(2)18(9)14(19)20)13-15-5-12(6-16-13)11-3-4-11/h5-6,9-11H,3-4,7-8H2,1-2H3,(H,19,20)/t9-,10-/m1/s1. The highest BCUT2D eigenvalue weighted by Gasteiger charge is 2.34. The predicted octanol–water partition coefficient (Wildman–Crippen LogP) is 1.93. The molecular formula is C14H20N4O2. The van der Waals surface area contributed by atoms with Gasteiger partial charge >= 0.3 is 6.09 Å². The molecule has 2 atom stereocenters. The lowest BCUT2D eigenvalue weighted by Gasteiger charge is -2.42. The average Bonchev–Trinajstić information content (AvgIpc) is 3.22. The van der Waals surface area contributed by atoms with E-state index in [1.165, 1.54) is 23.3 Å². The van der Waals surface area contributed by atoms with Crippen LogP contribution in [0.4, 0.5) is 10.7 Å². The topological polar surface area (TPSA) is 69.6 Å². The molecule has 0 aromatic carbocycles. The van der Waals surface area contributed by atoms with Crippen molar-refractivity contribution in [3.63, 3.8) is 0 Å². The first kappa shape index (κ1) is 13.1. The average molecular weight is 276 g/mol. The first-order valence-corrected chi connectivity index (χ1v) is 7.14. The van der Waals surface area contributed by atoms with E-state index in [9.17, 15) is 9.90 Å². The van der Waals surface area contributed by atoms with E-state index >= 15 is 0 Å². The van der Waals surface area contributed by atoms with Crippen molar-refractivity contribution in [2.45, 2.75) is 44.7 Å². The highest BCUT2D eigenvalue weighted by atomic mass is 16.4. The minimum atomic E-state index is -0.852. The summed E-state index contributed by atoms with van der Waals surface area (Å²) in [5.41, 5.74) is 1.22. The fraction of sp³-hybridized carbons (Fsp3) is 0.643. The second-order valence-electron chi connectivity index (χ2n) is 5.88. The molecule has 6 nitrogen and oxygen atoms in total. The van der Waals surface area contributed by atoms with Crippen molar-refractivity contribution in [2.75, 3.05) is 18.0 Å². The summed E-state index contributed by atoms with van der Waals surface area (Å²) in [7, 11) is 0. The van der Waals surface area contributed by atoms with Gasteiger partial charge in [0.2, 0.25) is 5.95 Å². The lowest BCUT2D eigenvalue weighted by atomic mass is 10.1. The molecule has 1 saturated carbocycles. The van der Waals surface area contributed by atoms with Crippen molar-refractivity contribution < 1.29 is 9.90 Å². The molecule has 0 spiro atoms. The van der Waals surface area contributed by atoms with Gasteiger partial charge in [0.1, 0.15) is 0 Å². The Kier molecular flexibility index (Phi) is 3.23. The molecule has 1 aliphatic heterocycles. The van der Waals surface area contributed by atoms with Crippen LogP contribution in [0.3, 0.4) is 0 Å². The molecule has 1 saturated heterocycles. The summed E-state index contributed by atoms with van der Waals surface area (Å²) < 4.78 is 0. The van der Waals surface area contributed by atoms with Crippen molar-refractivity contribution >= 4 is 12.0 Å². The number of amides is 1. The van der Waals surface area contributed by atoms with Crippen LogP contribution in [-0.2, 0) is 0 Å². The SMILES string of the molecule is C[C@@H]1CN(c2ncc(C3CC3)cn2)C[C@@H](C)N1C(=O)O. The van der Waals surface area contributed by atoms with Crippen LogP contribution in [0.15, 0.2) is 12.4 Å². The number of rotatable bonds is 2. The molecule has 0 unspecified atom stereocenters. The van der Waals surface area contributed by atoms with Gasteiger partial charge in [0, 0.05) is 25.5 Å². The molecule has 1 aromatic rings. The Labute approximate surface area is 118 Å². The number of hydrogen-bond donors (Lipinski definition) is 1. The third-order valence-electron chi connectivity index (χ3n) is 4.13. The number of aromatic nitrogens is 2. The first-order valence-electron chi connectivity index (χ1n) is 7.14. The Bertz CT molecular complexity index is 488. The largest absolute Gasteiger partial charge is 0.465 e. The number of piperazine rings is 1.